The van der Waals surface area contributed by atoms with Gasteiger partial charge in [0, 0.05) is 22.7 Å². The van der Waals surface area contributed by atoms with Crippen molar-refractivity contribution in [2.45, 2.75) is 57.7 Å². The fourth-order valence-electron chi connectivity index (χ4n) is 4.35. The second-order valence-electron chi connectivity index (χ2n) is 8.71. The van der Waals surface area contributed by atoms with E-state index in [0.717, 1.165) is 24.0 Å². The largest absolute Gasteiger partial charge is 0.349 e. The zero-order valence-electron chi connectivity index (χ0n) is 16.5. The van der Waals surface area contributed by atoms with Crippen LogP contribution in [-0.4, -0.2) is 23.0 Å². The van der Waals surface area contributed by atoms with Gasteiger partial charge in [0.1, 0.15) is 0 Å². The number of carbonyl (C=O) groups excluding carboxylic acids is 1. The van der Waals surface area contributed by atoms with Crippen LogP contribution in [0.25, 0.3) is 11.1 Å². The highest BCUT2D eigenvalue weighted by molar-refractivity contribution is 5.95. The fourth-order valence-corrected chi connectivity index (χ4v) is 4.35. The molecule has 4 heteroatoms. The summed E-state index contributed by atoms with van der Waals surface area (Å²) in [7, 11) is 0. The molecule has 0 spiro atoms. The van der Waals surface area contributed by atoms with E-state index in [1.54, 1.807) is 6.07 Å². The van der Waals surface area contributed by atoms with Gasteiger partial charge in [-0.15, -0.1) is 0 Å². The predicted octanol–water partition coefficient (Wildman–Crippen LogP) is 4.26. The molecule has 2 N–H and O–H groups in total. The smallest absolute Gasteiger partial charge is 0.251 e. The molecule has 1 aliphatic rings. The molecule has 1 fully saturated rings. The van der Waals surface area contributed by atoms with Crippen LogP contribution in [0.2, 0.25) is 0 Å². The molecule has 4 nitrogen and oxygen atoms in total. The van der Waals surface area contributed by atoms with E-state index in [0.29, 0.717) is 11.1 Å². The molecule has 1 amide bonds. The van der Waals surface area contributed by atoms with Gasteiger partial charge in [-0.25, -0.2) is 0 Å². The van der Waals surface area contributed by atoms with Crippen LogP contribution >= 0.6 is 0 Å². The van der Waals surface area contributed by atoms with Gasteiger partial charge in [-0.2, -0.15) is 5.26 Å². The monoisotopic (exact) mass is 361 g/mol. The van der Waals surface area contributed by atoms with Gasteiger partial charge < -0.3 is 10.6 Å². The highest BCUT2D eigenvalue weighted by Gasteiger charge is 2.38. The minimum atomic E-state index is -0.0650. The van der Waals surface area contributed by atoms with Crippen LogP contribution in [-0.2, 0) is 0 Å². The fraction of sp³-hybridized carbons (Fsp3) is 0.391. The third kappa shape index (κ3) is 4.56. The van der Waals surface area contributed by atoms with Gasteiger partial charge in [0.05, 0.1) is 11.6 Å². The lowest BCUT2D eigenvalue weighted by Gasteiger charge is -2.46. The topological polar surface area (TPSA) is 64.9 Å². The summed E-state index contributed by atoms with van der Waals surface area (Å²) in [6.07, 6.45) is 1.78. The number of piperidine rings is 1. The van der Waals surface area contributed by atoms with Gasteiger partial charge in [-0.05, 0) is 69.9 Å². The summed E-state index contributed by atoms with van der Waals surface area (Å²) >= 11 is 0. The Kier molecular flexibility index (Phi) is 5.08. The molecule has 0 aromatic heterocycles. The Balaban J connectivity index is 1.81. The first-order valence-electron chi connectivity index (χ1n) is 9.39. The average Bonchev–Trinajstić information content (AvgIpc) is 2.59. The number of nitrogens with one attached hydrogen (secondary N) is 2. The summed E-state index contributed by atoms with van der Waals surface area (Å²) in [5.74, 6) is -0.0650. The Labute approximate surface area is 161 Å². The van der Waals surface area contributed by atoms with Crippen molar-refractivity contribution >= 4 is 5.91 Å². The first-order chi connectivity index (χ1) is 12.7. The van der Waals surface area contributed by atoms with Crippen LogP contribution in [0.3, 0.4) is 0 Å². The average molecular weight is 361 g/mol. The predicted molar refractivity (Wildman–Crippen MR) is 108 cm³/mol. The van der Waals surface area contributed by atoms with Gasteiger partial charge in [0.25, 0.3) is 5.91 Å². The molecule has 0 aliphatic carbocycles. The van der Waals surface area contributed by atoms with Crippen molar-refractivity contribution in [3.8, 4) is 17.2 Å². The van der Waals surface area contributed by atoms with Crippen LogP contribution in [0, 0.1) is 11.3 Å². The molecular formula is C23H27N3O. The van der Waals surface area contributed by atoms with Crippen molar-refractivity contribution in [1.82, 2.24) is 10.6 Å². The highest BCUT2D eigenvalue weighted by atomic mass is 16.1. The molecule has 140 valence electrons. The minimum absolute atomic E-state index is 0.0206. The molecule has 2 aromatic rings. The molecule has 0 saturated carbocycles. The normalized spacial score (nSPS) is 18.5. The number of nitriles is 1. The van der Waals surface area contributed by atoms with E-state index < -0.39 is 0 Å². The van der Waals surface area contributed by atoms with Gasteiger partial charge in [-0.3, -0.25) is 4.79 Å². The minimum Gasteiger partial charge on any atom is -0.349 e. The molecule has 0 unspecified atom stereocenters. The molecule has 1 saturated heterocycles. The van der Waals surface area contributed by atoms with Crippen molar-refractivity contribution in [3.63, 3.8) is 0 Å². The third-order valence-electron chi connectivity index (χ3n) is 5.01. The summed E-state index contributed by atoms with van der Waals surface area (Å²) in [6.45, 7) is 8.69. The lowest BCUT2D eigenvalue weighted by molar-refractivity contribution is 0.0873. The number of nitrogens with zero attached hydrogens (tertiary/aromatic N) is 1. The molecule has 2 aromatic carbocycles. The van der Waals surface area contributed by atoms with Crippen LogP contribution in [0.4, 0.5) is 0 Å². The Morgan fingerprint density at radius 3 is 2.41 bits per heavy atom. The molecule has 0 bridgehead atoms. The first kappa shape index (κ1) is 19.1. The summed E-state index contributed by atoms with van der Waals surface area (Å²) in [5.41, 5.74) is 2.91. The van der Waals surface area contributed by atoms with Crippen molar-refractivity contribution < 1.29 is 4.79 Å². The summed E-state index contributed by atoms with van der Waals surface area (Å²) < 4.78 is 0. The maximum atomic E-state index is 12.9. The standard InChI is InChI=1S/C23H27N3O/c1-22(2)13-19(14-23(3,4)26-22)25-21(27)17-10-7-9-16(12-17)20-11-6-5-8-18(20)15-24/h5-12,19,26H,13-14H2,1-4H3,(H,25,27). The molecule has 3 rings (SSSR count). The SMILES string of the molecule is CC1(C)CC(NC(=O)c2cccc(-c3ccccc3C#N)c2)CC(C)(C)N1. The van der Waals surface area contributed by atoms with Crippen LogP contribution in [0.15, 0.2) is 48.5 Å². The van der Waals surface area contributed by atoms with E-state index in [-0.39, 0.29) is 23.0 Å². The number of benzene rings is 2. The van der Waals surface area contributed by atoms with Gasteiger partial charge >= 0.3 is 0 Å². The number of carbonyl (C=O) groups is 1. The van der Waals surface area contributed by atoms with Crippen molar-refractivity contribution in [2.75, 3.05) is 0 Å². The van der Waals surface area contributed by atoms with E-state index in [1.165, 1.54) is 0 Å². The number of rotatable bonds is 3. The van der Waals surface area contributed by atoms with E-state index >= 15 is 0 Å². The van der Waals surface area contributed by atoms with Crippen LogP contribution < -0.4 is 10.6 Å². The Morgan fingerprint density at radius 1 is 1.07 bits per heavy atom. The maximum Gasteiger partial charge on any atom is 0.251 e. The second kappa shape index (κ2) is 7.17. The Bertz CT molecular complexity index is 876. The lowest BCUT2D eigenvalue weighted by atomic mass is 9.79. The lowest BCUT2D eigenvalue weighted by Crippen LogP contribution is -2.62. The van der Waals surface area contributed by atoms with E-state index in [2.05, 4.69) is 44.4 Å². The van der Waals surface area contributed by atoms with Gasteiger partial charge in [0.15, 0.2) is 0 Å². The van der Waals surface area contributed by atoms with Crippen molar-refractivity contribution in [3.05, 3.63) is 59.7 Å². The maximum absolute atomic E-state index is 12.9. The summed E-state index contributed by atoms with van der Waals surface area (Å²) in [4.78, 5) is 12.9. The Hall–Kier alpha value is -2.64. The van der Waals surface area contributed by atoms with Gasteiger partial charge in [0.2, 0.25) is 0 Å². The van der Waals surface area contributed by atoms with Gasteiger partial charge in [-0.1, -0.05) is 30.3 Å². The molecular weight excluding hydrogens is 334 g/mol. The zero-order valence-corrected chi connectivity index (χ0v) is 16.5. The first-order valence-corrected chi connectivity index (χ1v) is 9.39. The molecule has 27 heavy (non-hydrogen) atoms. The van der Waals surface area contributed by atoms with E-state index in [9.17, 15) is 10.1 Å². The van der Waals surface area contributed by atoms with E-state index in [4.69, 9.17) is 0 Å². The van der Waals surface area contributed by atoms with Crippen LogP contribution in [0.5, 0.6) is 0 Å². The van der Waals surface area contributed by atoms with Crippen LogP contribution in [0.1, 0.15) is 56.5 Å². The number of hydrogen-bond donors (Lipinski definition) is 2. The molecule has 1 heterocycles. The molecule has 1 aliphatic heterocycles. The third-order valence-corrected chi connectivity index (χ3v) is 5.01. The number of hydrogen-bond acceptors (Lipinski definition) is 3. The summed E-state index contributed by atoms with van der Waals surface area (Å²) in [6, 6.07) is 17.3. The van der Waals surface area contributed by atoms with Crippen molar-refractivity contribution in [1.29, 1.82) is 5.26 Å². The Morgan fingerprint density at radius 2 is 1.74 bits per heavy atom. The highest BCUT2D eigenvalue weighted by Crippen LogP contribution is 2.29. The van der Waals surface area contributed by atoms with E-state index in [1.807, 2.05) is 42.5 Å². The molecule has 0 radical (unpaired) electrons. The molecule has 0 atom stereocenters. The van der Waals surface area contributed by atoms with Crippen molar-refractivity contribution in [2.24, 2.45) is 0 Å². The number of amides is 1. The second-order valence-corrected chi connectivity index (χ2v) is 8.71. The quantitative estimate of drug-likeness (QED) is 0.858. The zero-order chi connectivity index (χ0) is 19.7. The summed E-state index contributed by atoms with van der Waals surface area (Å²) in [5, 5.41) is 16.2.